The maximum absolute atomic E-state index is 12.9. The minimum Gasteiger partial charge on any atom is -0.477 e. The molecule has 0 aliphatic rings. The minimum absolute atomic E-state index is 0.183. The monoisotopic (exact) mass is 1240 g/mol. The van der Waals surface area contributed by atoms with E-state index in [0.717, 1.165) is 103 Å². The molecule has 0 radical (unpaired) electrons. The van der Waals surface area contributed by atoms with E-state index in [1.165, 1.54) is 186 Å². The van der Waals surface area contributed by atoms with Gasteiger partial charge in [-0.2, -0.15) is 0 Å². The number of carbonyl (C=O) groups is 3. The molecule has 0 amide bonds. The molecule has 0 saturated heterocycles. The summed E-state index contributed by atoms with van der Waals surface area (Å²) in [6.07, 6.45) is 95.2. The fourth-order valence-electron chi connectivity index (χ4n) is 10.4. The minimum atomic E-state index is -1.52. The fraction of sp³-hybridized carbons (Fsp3) is 0.738. The molecule has 0 saturated carbocycles. The first-order valence-electron chi connectivity index (χ1n) is 37.1. The van der Waals surface area contributed by atoms with Crippen LogP contribution in [0.5, 0.6) is 0 Å². The summed E-state index contributed by atoms with van der Waals surface area (Å²) in [6.45, 7) is 4.66. The second-order valence-electron chi connectivity index (χ2n) is 25.8. The number of rotatable bonds is 68. The van der Waals surface area contributed by atoms with Gasteiger partial charge in [0.25, 0.3) is 6.29 Å². The first-order valence-corrected chi connectivity index (χ1v) is 37.1. The second kappa shape index (κ2) is 69.8. The smallest absolute Gasteiger partial charge is 0.361 e. The molecular formula is C80H140NO8+. The third kappa shape index (κ3) is 71.3. The number of carboxylic acid groups (broad SMARTS) is 1. The van der Waals surface area contributed by atoms with Gasteiger partial charge in [-0.05, 0) is 96.3 Å². The lowest BCUT2D eigenvalue weighted by atomic mass is 10.0. The van der Waals surface area contributed by atoms with Crippen LogP contribution in [0.3, 0.4) is 0 Å². The SMILES string of the molecule is CC/C=C\C/C=C\C/C=C\C/C=C\C/C=C\CCCCCCCCCC(=O)OC(COC(=O)CCCCCCCCCCCCCCCCCCCCCCCCCCCCCC/C=C\C/C=C\C/C=C\C/C=C\CC)COC(OCC[N+](C)(C)C)C(=O)O. The Morgan fingerprint density at radius 2 is 0.607 bits per heavy atom. The number of ether oxygens (including phenoxy) is 4. The first-order chi connectivity index (χ1) is 43.6. The van der Waals surface area contributed by atoms with Crippen molar-refractivity contribution in [3.63, 3.8) is 0 Å². The normalized spacial score (nSPS) is 13.3. The van der Waals surface area contributed by atoms with E-state index in [9.17, 15) is 19.5 Å². The van der Waals surface area contributed by atoms with Gasteiger partial charge in [-0.1, -0.05) is 322 Å². The van der Waals surface area contributed by atoms with Crippen LogP contribution in [0.1, 0.15) is 322 Å². The van der Waals surface area contributed by atoms with E-state index in [1.54, 1.807) is 0 Å². The lowest BCUT2D eigenvalue weighted by molar-refractivity contribution is -0.870. The van der Waals surface area contributed by atoms with Crippen LogP contribution < -0.4 is 0 Å². The predicted molar refractivity (Wildman–Crippen MR) is 382 cm³/mol. The summed E-state index contributed by atoms with van der Waals surface area (Å²) in [4.78, 5) is 37.6. The summed E-state index contributed by atoms with van der Waals surface area (Å²) in [5.41, 5.74) is 0. The molecule has 2 unspecified atom stereocenters. The molecule has 0 rings (SSSR count). The molecule has 0 aromatic rings. The average molecular weight is 1240 g/mol. The van der Waals surface area contributed by atoms with Gasteiger partial charge in [0.15, 0.2) is 6.10 Å². The van der Waals surface area contributed by atoms with Gasteiger partial charge in [0, 0.05) is 12.8 Å². The van der Waals surface area contributed by atoms with Gasteiger partial charge >= 0.3 is 17.9 Å². The van der Waals surface area contributed by atoms with E-state index in [-0.39, 0.29) is 32.2 Å². The van der Waals surface area contributed by atoms with Crippen molar-refractivity contribution in [1.29, 1.82) is 0 Å². The third-order valence-electron chi connectivity index (χ3n) is 16.0. The molecule has 9 heteroatoms. The van der Waals surface area contributed by atoms with Crippen molar-refractivity contribution in [2.45, 2.75) is 334 Å². The zero-order chi connectivity index (χ0) is 64.7. The van der Waals surface area contributed by atoms with Crippen LogP contribution in [0.4, 0.5) is 0 Å². The van der Waals surface area contributed by atoms with E-state index in [0.29, 0.717) is 23.9 Å². The van der Waals surface area contributed by atoms with Crippen LogP contribution in [-0.4, -0.2) is 87.4 Å². The van der Waals surface area contributed by atoms with Gasteiger partial charge in [0.2, 0.25) is 0 Å². The summed E-state index contributed by atoms with van der Waals surface area (Å²) in [5.74, 6) is -2.01. The second-order valence-corrected chi connectivity index (χ2v) is 25.8. The molecule has 0 fully saturated rings. The maximum atomic E-state index is 12.9. The van der Waals surface area contributed by atoms with Gasteiger partial charge in [-0.25, -0.2) is 4.79 Å². The molecule has 2 atom stereocenters. The van der Waals surface area contributed by atoms with Crippen LogP contribution >= 0.6 is 0 Å². The molecule has 9 nitrogen and oxygen atoms in total. The van der Waals surface area contributed by atoms with Gasteiger partial charge in [-0.3, -0.25) is 9.59 Å². The van der Waals surface area contributed by atoms with Crippen LogP contribution in [0, 0.1) is 0 Å². The lowest BCUT2D eigenvalue weighted by Gasteiger charge is -2.25. The summed E-state index contributed by atoms with van der Waals surface area (Å²) < 4.78 is 23.0. The lowest BCUT2D eigenvalue weighted by Crippen LogP contribution is -2.40. The molecule has 0 spiro atoms. The predicted octanol–water partition coefficient (Wildman–Crippen LogP) is 23.4. The summed E-state index contributed by atoms with van der Waals surface area (Å²) in [6, 6.07) is 0. The molecule has 89 heavy (non-hydrogen) atoms. The highest BCUT2D eigenvalue weighted by Crippen LogP contribution is 2.18. The molecule has 0 aliphatic carbocycles. The Hall–Kier alpha value is -4.05. The number of allylic oxidation sites excluding steroid dienone is 18. The molecule has 0 aromatic carbocycles. The summed E-state index contributed by atoms with van der Waals surface area (Å²) in [5, 5.41) is 9.75. The standard InChI is InChI=1S/C80H139NO8/c1-6-8-10-12-14-16-18-20-22-24-26-28-30-31-32-33-34-35-36-37-38-39-40-41-42-43-44-45-46-47-49-50-52-54-56-58-60-62-64-66-68-70-77(82)87-74-76(75-88-80(79(84)85)86-73-72-81(3,4)5)89-78(83)71-69-67-65-63-61-59-57-55-53-51-48-29-27-25-23-21-19-17-15-13-11-9-7-2/h8-11,14-17,20-23,26-29,51,53,76,80H,6-7,12-13,18-19,24-25,30-50,52,54-75H2,1-5H3/p+1/b10-8-,11-9-,16-14-,17-15-,22-20-,23-21-,28-26-,29-27-,53-51-. The molecule has 0 bridgehead atoms. The number of hydrogen-bond donors (Lipinski definition) is 1. The van der Waals surface area contributed by atoms with Crippen LogP contribution in [-0.2, 0) is 33.3 Å². The zero-order valence-electron chi connectivity index (χ0n) is 58.6. The Labute approximate surface area is 549 Å². The Balaban J connectivity index is 3.98. The quantitative estimate of drug-likeness (QED) is 0.0211. The number of likely N-dealkylation sites (N-methyl/N-ethyl adjacent to an activating group) is 1. The van der Waals surface area contributed by atoms with Gasteiger partial charge < -0.3 is 28.5 Å². The van der Waals surface area contributed by atoms with Crippen molar-refractivity contribution < 1.29 is 42.9 Å². The molecule has 0 heterocycles. The van der Waals surface area contributed by atoms with Crippen LogP contribution in [0.2, 0.25) is 0 Å². The van der Waals surface area contributed by atoms with Gasteiger partial charge in [0.1, 0.15) is 13.2 Å². The highest BCUT2D eigenvalue weighted by Gasteiger charge is 2.25. The van der Waals surface area contributed by atoms with Crippen molar-refractivity contribution in [2.24, 2.45) is 0 Å². The van der Waals surface area contributed by atoms with E-state index < -0.39 is 24.3 Å². The van der Waals surface area contributed by atoms with Gasteiger partial charge in [-0.15, -0.1) is 0 Å². The molecule has 512 valence electrons. The van der Waals surface area contributed by atoms with Crippen molar-refractivity contribution in [1.82, 2.24) is 0 Å². The van der Waals surface area contributed by atoms with Crippen molar-refractivity contribution in [3.8, 4) is 0 Å². The van der Waals surface area contributed by atoms with E-state index in [2.05, 4.69) is 123 Å². The van der Waals surface area contributed by atoms with E-state index in [1.807, 2.05) is 21.1 Å². The number of aliphatic carboxylic acids is 1. The topological polar surface area (TPSA) is 108 Å². The Bertz CT molecular complexity index is 1830. The number of quaternary nitrogens is 1. The average Bonchev–Trinajstić information content (AvgIpc) is 3.64. The summed E-state index contributed by atoms with van der Waals surface area (Å²) in [7, 11) is 5.97. The number of unbranched alkanes of at least 4 members (excludes halogenated alkanes) is 35. The Morgan fingerprint density at radius 3 is 0.899 bits per heavy atom. The number of nitrogens with zero attached hydrogens (tertiary/aromatic N) is 1. The highest BCUT2D eigenvalue weighted by molar-refractivity contribution is 5.71. The van der Waals surface area contributed by atoms with Gasteiger partial charge in [0.05, 0.1) is 34.4 Å². The van der Waals surface area contributed by atoms with Crippen molar-refractivity contribution >= 4 is 17.9 Å². The van der Waals surface area contributed by atoms with Crippen molar-refractivity contribution in [2.75, 3.05) is 47.5 Å². The number of esters is 2. The Kier molecular flexibility index (Phi) is 66.7. The van der Waals surface area contributed by atoms with Crippen LogP contribution in [0.25, 0.3) is 0 Å². The zero-order valence-corrected chi connectivity index (χ0v) is 58.6. The molecule has 0 aliphatic heterocycles. The maximum Gasteiger partial charge on any atom is 0.361 e. The molecule has 1 N–H and O–H groups in total. The molecule has 0 aromatic heterocycles. The highest BCUT2D eigenvalue weighted by atomic mass is 16.7. The fourth-order valence-corrected chi connectivity index (χ4v) is 10.4. The Morgan fingerprint density at radius 1 is 0.337 bits per heavy atom. The number of carboxylic acids is 1. The van der Waals surface area contributed by atoms with Crippen LogP contribution in [0.15, 0.2) is 109 Å². The largest absolute Gasteiger partial charge is 0.477 e. The van der Waals surface area contributed by atoms with Crippen molar-refractivity contribution in [3.05, 3.63) is 109 Å². The first kappa shape index (κ1) is 85.0. The molecular weight excluding hydrogens is 1100 g/mol. The third-order valence-corrected chi connectivity index (χ3v) is 16.0. The van der Waals surface area contributed by atoms with E-state index >= 15 is 0 Å². The summed E-state index contributed by atoms with van der Waals surface area (Å²) >= 11 is 0. The van der Waals surface area contributed by atoms with E-state index in [4.69, 9.17) is 18.9 Å². The number of hydrogen-bond acceptors (Lipinski definition) is 7. The number of carbonyl (C=O) groups excluding carboxylic acids is 2.